The maximum atomic E-state index is 10.9. The van der Waals surface area contributed by atoms with E-state index in [9.17, 15) is 4.79 Å². The standard InChI is InChI=1S/C19H19Cl2NO4/c20-16-2-1-3-17(21)15(16)12-26-14-6-4-13(5-7-14)18-10-22(8-9-25-18)11-19(23)24/h1-7,18H,8-12H2,(H,23,24). The van der Waals surface area contributed by atoms with E-state index in [0.717, 1.165) is 11.1 Å². The first-order chi connectivity index (χ1) is 12.5. The van der Waals surface area contributed by atoms with Crippen molar-refractivity contribution in [1.82, 2.24) is 4.90 Å². The molecule has 5 nitrogen and oxygen atoms in total. The number of nitrogens with zero attached hydrogens (tertiary/aromatic N) is 1. The number of hydrogen-bond acceptors (Lipinski definition) is 4. The fourth-order valence-corrected chi connectivity index (χ4v) is 3.35. The van der Waals surface area contributed by atoms with Gasteiger partial charge < -0.3 is 14.6 Å². The number of carbonyl (C=O) groups is 1. The largest absolute Gasteiger partial charge is 0.489 e. The lowest BCUT2D eigenvalue weighted by atomic mass is 10.1. The number of rotatable bonds is 6. The van der Waals surface area contributed by atoms with E-state index in [-0.39, 0.29) is 19.3 Å². The molecule has 1 saturated heterocycles. The number of aliphatic carboxylic acids is 1. The summed E-state index contributed by atoms with van der Waals surface area (Å²) in [5, 5.41) is 10.1. The normalized spacial score (nSPS) is 17.8. The second-order valence-corrected chi connectivity index (χ2v) is 6.86. The number of carboxylic acids is 1. The van der Waals surface area contributed by atoms with E-state index in [1.54, 1.807) is 18.2 Å². The van der Waals surface area contributed by atoms with Crippen LogP contribution in [0.2, 0.25) is 10.0 Å². The molecule has 1 atom stereocenters. The predicted molar refractivity (Wildman–Crippen MR) is 100 cm³/mol. The maximum Gasteiger partial charge on any atom is 0.317 e. The molecule has 3 rings (SSSR count). The van der Waals surface area contributed by atoms with Crippen molar-refractivity contribution in [2.24, 2.45) is 0 Å². The molecule has 1 unspecified atom stereocenters. The Hall–Kier alpha value is -1.79. The summed E-state index contributed by atoms with van der Waals surface area (Å²) >= 11 is 12.3. The highest BCUT2D eigenvalue weighted by Gasteiger charge is 2.23. The van der Waals surface area contributed by atoms with E-state index in [4.69, 9.17) is 37.8 Å². The molecule has 0 radical (unpaired) electrons. The molecule has 0 amide bonds. The number of benzene rings is 2. The highest BCUT2D eigenvalue weighted by molar-refractivity contribution is 6.35. The topological polar surface area (TPSA) is 59.0 Å². The van der Waals surface area contributed by atoms with Crippen LogP contribution in [0.4, 0.5) is 0 Å². The zero-order valence-electron chi connectivity index (χ0n) is 14.0. The van der Waals surface area contributed by atoms with Gasteiger partial charge in [-0.3, -0.25) is 9.69 Å². The molecule has 1 heterocycles. The Labute approximate surface area is 162 Å². The van der Waals surface area contributed by atoms with E-state index in [2.05, 4.69) is 0 Å². The van der Waals surface area contributed by atoms with Crippen LogP contribution in [-0.2, 0) is 16.1 Å². The minimum atomic E-state index is -0.826. The summed E-state index contributed by atoms with van der Waals surface area (Å²) in [6, 6.07) is 12.9. The summed E-state index contributed by atoms with van der Waals surface area (Å²) in [5.74, 6) is -0.129. The van der Waals surface area contributed by atoms with Crippen LogP contribution in [-0.4, -0.2) is 42.2 Å². The first-order valence-corrected chi connectivity index (χ1v) is 9.00. The van der Waals surface area contributed by atoms with Gasteiger partial charge in [-0.1, -0.05) is 41.4 Å². The molecule has 1 N–H and O–H groups in total. The number of ether oxygens (including phenoxy) is 2. The van der Waals surface area contributed by atoms with Crippen molar-refractivity contribution < 1.29 is 19.4 Å². The molecule has 0 aliphatic carbocycles. The molecule has 0 aromatic heterocycles. The van der Waals surface area contributed by atoms with Gasteiger partial charge in [0.05, 0.1) is 19.3 Å². The van der Waals surface area contributed by atoms with Crippen LogP contribution in [0.5, 0.6) is 5.75 Å². The molecular formula is C19H19Cl2NO4. The Bertz CT molecular complexity index is 746. The number of halogens is 2. The number of carboxylic acid groups (broad SMARTS) is 1. The van der Waals surface area contributed by atoms with Gasteiger partial charge in [0.1, 0.15) is 12.4 Å². The maximum absolute atomic E-state index is 10.9. The smallest absolute Gasteiger partial charge is 0.317 e. The third kappa shape index (κ3) is 4.89. The Morgan fingerprint density at radius 3 is 2.54 bits per heavy atom. The number of hydrogen-bond donors (Lipinski definition) is 1. The van der Waals surface area contributed by atoms with Gasteiger partial charge in [0.25, 0.3) is 0 Å². The molecule has 2 aromatic carbocycles. The molecule has 1 aliphatic heterocycles. The van der Waals surface area contributed by atoms with Crippen LogP contribution in [0.15, 0.2) is 42.5 Å². The van der Waals surface area contributed by atoms with Crippen molar-refractivity contribution in [3.63, 3.8) is 0 Å². The molecule has 0 spiro atoms. The Morgan fingerprint density at radius 2 is 1.88 bits per heavy atom. The lowest BCUT2D eigenvalue weighted by molar-refractivity contribution is -0.140. The summed E-state index contributed by atoms with van der Waals surface area (Å²) in [4.78, 5) is 12.7. The lowest BCUT2D eigenvalue weighted by Crippen LogP contribution is -2.41. The average Bonchev–Trinajstić information content (AvgIpc) is 2.61. The van der Waals surface area contributed by atoms with E-state index >= 15 is 0 Å². The second kappa shape index (κ2) is 8.73. The summed E-state index contributed by atoms with van der Waals surface area (Å²) in [6.45, 7) is 2.01. The minimum Gasteiger partial charge on any atom is -0.489 e. The predicted octanol–water partition coefficient (Wildman–Crippen LogP) is 4.03. The van der Waals surface area contributed by atoms with Crippen molar-refractivity contribution in [1.29, 1.82) is 0 Å². The molecule has 2 aromatic rings. The van der Waals surface area contributed by atoms with Crippen molar-refractivity contribution in [2.45, 2.75) is 12.7 Å². The van der Waals surface area contributed by atoms with E-state index in [1.807, 2.05) is 29.2 Å². The SMILES string of the molecule is O=C(O)CN1CCOC(c2ccc(OCc3c(Cl)cccc3Cl)cc2)C1. The van der Waals surface area contributed by atoms with Gasteiger partial charge in [0.2, 0.25) is 0 Å². The van der Waals surface area contributed by atoms with Gasteiger partial charge in [-0.15, -0.1) is 0 Å². The van der Waals surface area contributed by atoms with Crippen molar-refractivity contribution >= 4 is 29.2 Å². The monoisotopic (exact) mass is 395 g/mol. The van der Waals surface area contributed by atoms with Gasteiger partial charge in [-0.05, 0) is 29.8 Å². The highest BCUT2D eigenvalue weighted by atomic mass is 35.5. The fourth-order valence-electron chi connectivity index (χ4n) is 2.84. The molecule has 0 bridgehead atoms. The molecular weight excluding hydrogens is 377 g/mol. The Balaban J connectivity index is 1.60. The van der Waals surface area contributed by atoms with Gasteiger partial charge in [0.15, 0.2) is 0 Å². The van der Waals surface area contributed by atoms with Gasteiger partial charge in [-0.25, -0.2) is 0 Å². The van der Waals surface area contributed by atoms with Gasteiger partial charge in [-0.2, -0.15) is 0 Å². The molecule has 138 valence electrons. The molecule has 1 fully saturated rings. The Kier molecular flexibility index (Phi) is 6.38. The first kappa shape index (κ1) is 19.0. The van der Waals surface area contributed by atoms with Gasteiger partial charge >= 0.3 is 5.97 Å². The summed E-state index contributed by atoms with van der Waals surface area (Å²) in [7, 11) is 0. The van der Waals surface area contributed by atoms with Crippen molar-refractivity contribution in [3.8, 4) is 5.75 Å². The highest BCUT2D eigenvalue weighted by Crippen LogP contribution is 2.27. The minimum absolute atomic E-state index is 0.0274. The zero-order valence-corrected chi connectivity index (χ0v) is 15.5. The summed E-state index contributed by atoms with van der Waals surface area (Å²) < 4.78 is 11.5. The van der Waals surface area contributed by atoms with Crippen molar-refractivity contribution in [2.75, 3.05) is 26.2 Å². The fraction of sp³-hybridized carbons (Fsp3) is 0.316. The summed E-state index contributed by atoms with van der Waals surface area (Å²) in [6.07, 6.45) is -0.143. The van der Waals surface area contributed by atoms with Crippen LogP contribution in [0.25, 0.3) is 0 Å². The third-order valence-corrected chi connectivity index (χ3v) is 4.91. The van der Waals surface area contributed by atoms with Crippen LogP contribution in [0.3, 0.4) is 0 Å². The molecule has 26 heavy (non-hydrogen) atoms. The molecule has 7 heteroatoms. The molecule has 0 saturated carbocycles. The van der Waals surface area contributed by atoms with E-state index < -0.39 is 5.97 Å². The van der Waals surface area contributed by atoms with Crippen LogP contribution in [0.1, 0.15) is 17.2 Å². The van der Waals surface area contributed by atoms with Crippen molar-refractivity contribution in [3.05, 3.63) is 63.6 Å². The first-order valence-electron chi connectivity index (χ1n) is 8.24. The third-order valence-electron chi connectivity index (χ3n) is 4.21. The quantitative estimate of drug-likeness (QED) is 0.799. The average molecular weight is 396 g/mol. The Morgan fingerprint density at radius 1 is 1.19 bits per heavy atom. The van der Waals surface area contributed by atoms with Crippen LogP contribution in [0, 0.1) is 0 Å². The number of morpholine rings is 1. The van der Waals surface area contributed by atoms with Crippen LogP contribution < -0.4 is 4.74 Å². The van der Waals surface area contributed by atoms with Crippen LogP contribution >= 0.6 is 23.2 Å². The molecule has 1 aliphatic rings. The second-order valence-electron chi connectivity index (χ2n) is 6.05. The van der Waals surface area contributed by atoms with E-state index in [1.165, 1.54) is 0 Å². The summed E-state index contributed by atoms with van der Waals surface area (Å²) in [5.41, 5.74) is 1.74. The van der Waals surface area contributed by atoms with Gasteiger partial charge in [0, 0.05) is 28.7 Å². The van der Waals surface area contributed by atoms with E-state index in [0.29, 0.717) is 35.5 Å². The zero-order chi connectivity index (χ0) is 18.5. The lowest BCUT2D eigenvalue weighted by Gasteiger charge is -2.32.